The number of carbonyl (C=O) groups is 2. The molecule has 0 unspecified atom stereocenters. The van der Waals surface area contributed by atoms with E-state index in [1.165, 1.54) is 12.0 Å². The van der Waals surface area contributed by atoms with Crippen molar-refractivity contribution in [2.45, 2.75) is 13.3 Å². The Hall–Kier alpha value is -1.81. The molecule has 0 spiro atoms. The number of carbonyl (C=O) groups excluding carboxylic acids is 2. The Morgan fingerprint density at radius 2 is 2.05 bits per heavy atom. The summed E-state index contributed by atoms with van der Waals surface area (Å²) in [5, 5.41) is 0.386. The molecule has 2 amide bonds. The van der Waals surface area contributed by atoms with Crippen LogP contribution < -0.4 is 9.64 Å². The number of anilines is 1. The van der Waals surface area contributed by atoms with E-state index in [9.17, 15) is 9.59 Å². The topological polar surface area (TPSA) is 46.6 Å². The zero-order chi connectivity index (χ0) is 15.1. The quantitative estimate of drug-likeness (QED) is 0.623. The van der Waals surface area contributed by atoms with Crippen LogP contribution in [-0.4, -0.2) is 18.9 Å². The average Bonchev–Trinajstić information content (AvgIpc) is 2.72. The zero-order valence-corrected chi connectivity index (χ0v) is 12.6. The maximum absolute atomic E-state index is 12.6. The van der Waals surface area contributed by atoms with Gasteiger partial charge in [0.15, 0.2) is 0 Å². The first kappa shape index (κ1) is 14.1. The molecular formula is C16H16ClNO3. The van der Waals surface area contributed by atoms with Gasteiger partial charge in [0, 0.05) is 0 Å². The van der Waals surface area contributed by atoms with Crippen LogP contribution in [0.3, 0.4) is 0 Å². The third-order valence-electron chi connectivity index (χ3n) is 4.27. The molecule has 3 rings (SSSR count). The Balaban J connectivity index is 1.98. The highest BCUT2D eigenvalue weighted by atomic mass is 35.5. The third-order valence-corrected chi connectivity index (χ3v) is 4.56. The van der Waals surface area contributed by atoms with Crippen molar-refractivity contribution in [2.24, 2.45) is 17.8 Å². The van der Waals surface area contributed by atoms with Crippen molar-refractivity contribution in [1.82, 2.24) is 0 Å². The van der Waals surface area contributed by atoms with E-state index in [2.05, 4.69) is 0 Å². The minimum absolute atomic E-state index is 0.0823. The van der Waals surface area contributed by atoms with E-state index in [4.69, 9.17) is 16.3 Å². The molecule has 0 N–H and O–H groups in total. The van der Waals surface area contributed by atoms with Gasteiger partial charge in [0.1, 0.15) is 5.75 Å². The molecule has 1 aromatic carbocycles. The van der Waals surface area contributed by atoms with Crippen molar-refractivity contribution in [3.05, 3.63) is 35.4 Å². The molecule has 1 fully saturated rings. The van der Waals surface area contributed by atoms with E-state index in [0.29, 0.717) is 22.9 Å². The van der Waals surface area contributed by atoms with Gasteiger partial charge >= 0.3 is 0 Å². The molecule has 21 heavy (non-hydrogen) atoms. The number of allylic oxidation sites excluding steroid dienone is 2. The van der Waals surface area contributed by atoms with Crippen molar-refractivity contribution in [3.63, 3.8) is 0 Å². The highest BCUT2D eigenvalue weighted by Gasteiger charge is 2.50. The highest BCUT2D eigenvalue weighted by Crippen LogP contribution is 2.41. The standard InChI is InChI=1S/C16H16ClNO3/c1-9-4-3-5-11-14(9)16(20)18(15(11)19)10-6-7-13(21-2)12(17)8-10/h3-4,6-9,11,14H,5H2,1-2H3/t9-,11+,14-/m0/s1. The van der Waals surface area contributed by atoms with Gasteiger partial charge in [-0.3, -0.25) is 9.59 Å². The SMILES string of the molecule is COc1ccc(N2C(=O)[C@H]3[C@@H](C)C=CC[C@H]3C2=O)cc1Cl. The first-order chi connectivity index (χ1) is 10.0. The summed E-state index contributed by atoms with van der Waals surface area (Å²) in [6.45, 7) is 1.98. The fourth-order valence-corrected chi connectivity index (χ4v) is 3.45. The summed E-state index contributed by atoms with van der Waals surface area (Å²) in [6, 6.07) is 4.96. The summed E-state index contributed by atoms with van der Waals surface area (Å²) in [5.41, 5.74) is 0.511. The first-order valence-corrected chi connectivity index (χ1v) is 7.30. The number of ether oxygens (including phenoxy) is 1. The van der Waals surface area contributed by atoms with Crippen LogP contribution in [0, 0.1) is 17.8 Å². The van der Waals surface area contributed by atoms with Gasteiger partial charge in [-0.2, -0.15) is 0 Å². The number of benzene rings is 1. The second-order valence-electron chi connectivity index (χ2n) is 5.49. The molecule has 4 nitrogen and oxygen atoms in total. The van der Waals surface area contributed by atoms with Crippen molar-refractivity contribution in [3.8, 4) is 5.75 Å². The normalized spacial score (nSPS) is 28.0. The second-order valence-corrected chi connectivity index (χ2v) is 5.89. The van der Waals surface area contributed by atoms with E-state index in [-0.39, 0.29) is 29.6 Å². The van der Waals surface area contributed by atoms with E-state index in [1.54, 1.807) is 18.2 Å². The van der Waals surface area contributed by atoms with Gasteiger partial charge in [-0.05, 0) is 30.5 Å². The van der Waals surface area contributed by atoms with Crippen LogP contribution in [0.15, 0.2) is 30.4 Å². The molecule has 1 aromatic rings. The number of rotatable bonds is 2. The molecule has 2 aliphatic rings. The van der Waals surface area contributed by atoms with Gasteiger partial charge in [-0.1, -0.05) is 30.7 Å². The summed E-state index contributed by atoms with van der Waals surface area (Å²) in [4.78, 5) is 26.5. The Kier molecular flexibility index (Phi) is 3.49. The Morgan fingerprint density at radius 3 is 2.67 bits per heavy atom. The minimum atomic E-state index is -0.261. The van der Waals surface area contributed by atoms with Gasteiger partial charge in [0.05, 0.1) is 29.7 Å². The Bertz CT molecular complexity index is 640. The van der Waals surface area contributed by atoms with Gasteiger partial charge in [0.2, 0.25) is 11.8 Å². The molecule has 0 bridgehead atoms. The molecule has 3 atom stereocenters. The summed E-state index contributed by atoms with van der Waals surface area (Å²) >= 11 is 6.10. The van der Waals surface area contributed by atoms with Crippen molar-refractivity contribution < 1.29 is 14.3 Å². The van der Waals surface area contributed by atoms with Gasteiger partial charge in [-0.15, -0.1) is 0 Å². The number of hydrogen-bond donors (Lipinski definition) is 0. The third kappa shape index (κ3) is 2.14. The number of imide groups is 1. The number of nitrogens with zero attached hydrogens (tertiary/aromatic N) is 1. The lowest BCUT2D eigenvalue weighted by molar-refractivity contribution is -0.122. The molecule has 0 saturated carbocycles. The van der Waals surface area contributed by atoms with E-state index in [0.717, 1.165) is 0 Å². The van der Waals surface area contributed by atoms with Gasteiger partial charge in [-0.25, -0.2) is 4.90 Å². The number of halogens is 1. The molecule has 1 aliphatic carbocycles. The van der Waals surface area contributed by atoms with Crippen LogP contribution >= 0.6 is 11.6 Å². The summed E-state index contributed by atoms with van der Waals surface area (Å²) in [7, 11) is 1.52. The van der Waals surface area contributed by atoms with Crippen molar-refractivity contribution in [2.75, 3.05) is 12.0 Å². The van der Waals surface area contributed by atoms with Crippen LogP contribution in [0.5, 0.6) is 5.75 Å². The van der Waals surface area contributed by atoms with Crippen molar-refractivity contribution in [1.29, 1.82) is 0 Å². The maximum Gasteiger partial charge on any atom is 0.238 e. The molecule has 5 heteroatoms. The highest BCUT2D eigenvalue weighted by molar-refractivity contribution is 6.33. The molecule has 0 radical (unpaired) electrons. The summed E-state index contributed by atoms with van der Waals surface area (Å²) in [5.74, 6) is -0.182. The number of hydrogen-bond acceptors (Lipinski definition) is 3. The monoisotopic (exact) mass is 305 g/mol. The fourth-order valence-electron chi connectivity index (χ4n) is 3.20. The number of amides is 2. The second kappa shape index (κ2) is 5.19. The molecular weight excluding hydrogens is 290 g/mol. The van der Waals surface area contributed by atoms with Crippen LogP contribution in [0.25, 0.3) is 0 Å². The molecule has 1 heterocycles. The fraction of sp³-hybridized carbons (Fsp3) is 0.375. The zero-order valence-electron chi connectivity index (χ0n) is 11.9. The van der Waals surface area contributed by atoms with Crippen LogP contribution in [-0.2, 0) is 9.59 Å². The minimum Gasteiger partial charge on any atom is -0.495 e. The number of methoxy groups -OCH3 is 1. The predicted octanol–water partition coefficient (Wildman–Crippen LogP) is 3.05. The van der Waals surface area contributed by atoms with E-state index < -0.39 is 0 Å². The summed E-state index contributed by atoms with van der Waals surface area (Å²) < 4.78 is 5.10. The Morgan fingerprint density at radius 1 is 1.29 bits per heavy atom. The largest absolute Gasteiger partial charge is 0.495 e. The van der Waals surface area contributed by atoms with Crippen LogP contribution in [0.2, 0.25) is 5.02 Å². The predicted molar refractivity (Wildman–Crippen MR) is 80.4 cm³/mol. The lowest BCUT2D eigenvalue weighted by atomic mass is 9.78. The molecule has 0 aromatic heterocycles. The van der Waals surface area contributed by atoms with E-state index >= 15 is 0 Å². The molecule has 1 aliphatic heterocycles. The summed E-state index contributed by atoms with van der Waals surface area (Å²) in [6.07, 6.45) is 4.62. The molecule has 110 valence electrons. The van der Waals surface area contributed by atoms with Crippen molar-refractivity contribution >= 4 is 29.1 Å². The van der Waals surface area contributed by atoms with Gasteiger partial charge < -0.3 is 4.74 Å². The number of fused-ring (bicyclic) bond motifs is 1. The first-order valence-electron chi connectivity index (χ1n) is 6.92. The lowest BCUT2D eigenvalue weighted by Gasteiger charge is -2.22. The maximum atomic E-state index is 12.6. The van der Waals surface area contributed by atoms with Crippen LogP contribution in [0.4, 0.5) is 5.69 Å². The smallest absolute Gasteiger partial charge is 0.238 e. The lowest BCUT2D eigenvalue weighted by Crippen LogP contribution is -2.31. The van der Waals surface area contributed by atoms with E-state index in [1.807, 2.05) is 19.1 Å². The molecule has 1 saturated heterocycles. The van der Waals surface area contributed by atoms with Crippen LogP contribution in [0.1, 0.15) is 13.3 Å². The Labute approximate surface area is 128 Å². The van der Waals surface area contributed by atoms with Gasteiger partial charge in [0.25, 0.3) is 0 Å². The average molecular weight is 306 g/mol.